The molecule has 0 spiro atoms. The summed E-state index contributed by atoms with van der Waals surface area (Å²) < 4.78 is 0. The van der Waals surface area contributed by atoms with Crippen LogP contribution in [0, 0.1) is 5.92 Å². The van der Waals surface area contributed by atoms with Crippen molar-refractivity contribution in [1.82, 2.24) is 15.1 Å². The van der Waals surface area contributed by atoms with Gasteiger partial charge in [0, 0.05) is 32.7 Å². The first-order valence-electron chi connectivity index (χ1n) is 6.03. The van der Waals surface area contributed by atoms with Crippen LogP contribution >= 0.6 is 0 Å². The number of carbonyl (C=O) groups is 1. The Bertz CT molecular complexity index is 218. The number of nitrogens with one attached hydrogen (secondary N) is 1. The van der Waals surface area contributed by atoms with Crippen molar-refractivity contribution in [3.8, 4) is 0 Å². The van der Waals surface area contributed by atoms with Gasteiger partial charge in [0.2, 0.25) is 5.91 Å². The maximum Gasteiger partial charge on any atom is 0.227 e. The highest BCUT2D eigenvalue weighted by molar-refractivity contribution is 5.79. The number of rotatable bonds is 2. The second kappa shape index (κ2) is 4.94. The average molecular weight is 211 g/mol. The minimum atomic E-state index is 0.248. The zero-order chi connectivity index (χ0) is 10.7. The van der Waals surface area contributed by atoms with Crippen molar-refractivity contribution in [1.29, 1.82) is 0 Å². The second-order valence-corrected chi connectivity index (χ2v) is 4.45. The van der Waals surface area contributed by atoms with Crippen molar-refractivity contribution >= 4 is 5.91 Å². The third-order valence-corrected chi connectivity index (χ3v) is 3.54. The molecule has 2 saturated heterocycles. The zero-order valence-corrected chi connectivity index (χ0v) is 9.54. The van der Waals surface area contributed by atoms with Crippen LogP contribution in [0.4, 0.5) is 0 Å². The molecule has 4 nitrogen and oxygen atoms in total. The number of hydrogen-bond donors (Lipinski definition) is 1. The molecular formula is C11H21N3O. The molecule has 4 heteroatoms. The molecule has 15 heavy (non-hydrogen) atoms. The van der Waals surface area contributed by atoms with Gasteiger partial charge in [-0.25, -0.2) is 0 Å². The summed E-state index contributed by atoms with van der Waals surface area (Å²) in [7, 11) is 0. The predicted molar refractivity (Wildman–Crippen MR) is 59.7 cm³/mol. The molecule has 1 N–H and O–H groups in total. The van der Waals surface area contributed by atoms with E-state index in [1.165, 1.54) is 0 Å². The van der Waals surface area contributed by atoms with Crippen LogP contribution in [0.2, 0.25) is 0 Å². The van der Waals surface area contributed by atoms with Crippen LogP contribution in [-0.2, 0) is 4.79 Å². The summed E-state index contributed by atoms with van der Waals surface area (Å²) in [6.45, 7) is 9.10. The summed E-state index contributed by atoms with van der Waals surface area (Å²) in [4.78, 5) is 16.5. The van der Waals surface area contributed by atoms with Crippen molar-refractivity contribution in [2.45, 2.75) is 13.3 Å². The first kappa shape index (κ1) is 10.9. The molecule has 0 aromatic rings. The van der Waals surface area contributed by atoms with Crippen molar-refractivity contribution in [3.05, 3.63) is 0 Å². The van der Waals surface area contributed by atoms with E-state index in [0.717, 1.165) is 52.2 Å². The second-order valence-electron chi connectivity index (χ2n) is 4.45. The third kappa shape index (κ3) is 2.49. The van der Waals surface area contributed by atoms with Gasteiger partial charge in [-0.05, 0) is 19.5 Å². The first-order valence-corrected chi connectivity index (χ1v) is 6.03. The van der Waals surface area contributed by atoms with Crippen LogP contribution in [0.15, 0.2) is 0 Å². The highest BCUT2D eigenvalue weighted by Crippen LogP contribution is 2.13. The molecule has 1 atom stereocenters. The van der Waals surface area contributed by atoms with Gasteiger partial charge in [0.25, 0.3) is 0 Å². The average Bonchev–Trinajstić information content (AvgIpc) is 2.82. The highest BCUT2D eigenvalue weighted by atomic mass is 16.2. The zero-order valence-electron chi connectivity index (χ0n) is 9.54. The number of piperazine rings is 1. The summed E-state index contributed by atoms with van der Waals surface area (Å²) in [6.07, 6.45) is 1.02. The number of hydrogen-bond acceptors (Lipinski definition) is 3. The van der Waals surface area contributed by atoms with E-state index in [9.17, 15) is 4.79 Å². The van der Waals surface area contributed by atoms with Crippen molar-refractivity contribution in [2.75, 3.05) is 45.8 Å². The smallest absolute Gasteiger partial charge is 0.227 e. The Morgan fingerprint density at radius 1 is 1.33 bits per heavy atom. The Balaban J connectivity index is 1.81. The molecular weight excluding hydrogens is 190 g/mol. The monoisotopic (exact) mass is 211 g/mol. The van der Waals surface area contributed by atoms with E-state index in [4.69, 9.17) is 0 Å². The highest BCUT2D eigenvalue weighted by Gasteiger charge is 2.28. The van der Waals surface area contributed by atoms with E-state index in [1.807, 2.05) is 4.90 Å². The summed E-state index contributed by atoms with van der Waals surface area (Å²) >= 11 is 0. The van der Waals surface area contributed by atoms with Crippen LogP contribution in [0.5, 0.6) is 0 Å². The summed E-state index contributed by atoms with van der Waals surface area (Å²) in [5.41, 5.74) is 0. The maximum atomic E-state index is 12.1. The van der Waals surface area contributed by atoms with Gasteiger partial charge in [-0.1, -0.05) is 6.92 Å². The molecule has 86 valence electrons. The fourth-order valence-electron chi connectivity index (χ4n) is 2.41. The topological polar surface area (TPSA) is 35.6 Å². The van der Waals surface area contributed by atoms with Crippen LogP contribution < -0.4 is 5.32 Å². The molecule has 2 fully saturated rings. The Kier molecular flexibility index (Phi) is 3.59. The normalized spacial score (nSPS) is 28.3. The van der Waals surface area contributed by atoms with Gasteiger partial charge in [-0.3, -0.25) is 4.79 Å². The predicted octanol–water partition coefficient (Wildman–Crippen LogP) is -0.240. The lowest BCUT2D eigenvalue weighted by molar-refractivity contribution is -0.136. The summed E-state index contributed by atoms with van der Waals surface area (Å²) in [6, 6.07) is 0. The molecule has 0 aromatic carbocycles. The number of carbonyl (C=O) groups excluding carboxylic acids is 1. The van der Waals surface area contributed by atoms with Gasteiger partial charge in [0.05, 0.1) is 5.92 Å². The van der Waals surface area contributed by atoms with E-state index < -0.39 is 0 Å². The molecule has 0 unspecified atom stereocenters. The Morgan fingerprint density at radius 3 is 2.60 bits per heavy atom. The lowest BCUT2D eigenvalue weighted by Crippen LogP contribution is -2.50. The van der Waals surface area contributed by atoms with Gasteiger partial charge < -0.3 is 15.1 Å². The van der Waals surface area contributed by atoms with Crippen molar-refractivity contribution in [2.24, 2.45) is 5.92 Å². The molecule has 2 aliphatic heterocycles. The molecule has 0 aromatic heterocycles. The van der Waals surface area contributed by atoms with Gasteiger partial charge in [0.15, 0.2) is 0 Å². The summed E-state index contributed by atoms with van der Waals surface area (Å²) in [5, 5.41) is 3.25. The van der Waals surface area contributed by atoms with E-state index in [1.54, 1.807) is 0 Å². The minimum Gasteiger partial charge on any atom is -0.340 e. The minimum absolute atomic E-state index is 0.248. The fourth-order valence-corrected chi connectivity index (χ4v) is 2.41. The van der Waals surface area contributed by atoms with Gasteiger partial charge in [-0.15, -0.1) is 0 Å². The number of amides is 1. The third-order valence-electron chi connectivity index (χ3n) is 3.54. The van der Waals surface area contributed by atoms with E-state index in [-0.39, 0.29) is 5.92 Å². The van der Waals surface area contributed by atoms with Gasteiger partial charge >= 0.3 is 0 Å². The first-order chi connectivity index (χ1) is 7.31. The lowest BCUT2D eigenvalue weighted by Gasteiger charge is -2.35. The van der Waals surface area contributed by atoms with Gasteiger partial charge in [-0.2, -0.15) is 0 Å². The number of nitrogens with zero attached hydrogens (tertiary/aromatic N) is 2. The Labute approximate surface area is 91.6 Å². The Hall–Kier alpha value is -0.610. The Morgan fingerprint density at radius 2 is 2.07 bits per heavy atom. The SMILES string of the molecule is CCN1CCN(C(=O)[C@H]2CCNC2)CC1. The van der Waals surface area contributed by atoms with E-state index in [2.05, 4.69) is 17.1 Å². The van der Waals surface area contributed by atoms with Crippen LogP contribution in [0.25, 0.3) is 0 Å². The molecule has 0 aliphatic carbocycles. The number of likely N-dealkylation sites (N-methyl/N-ethyl adjacent to an activating group) is 1. The molecule has 0 saturated carbocycles. The standard InChI is InChI=1S/C11H21N3O/c1-2-13-5-7-14(8-6-13)11(15)10-3-4-12-9-10/h10,12H,2-9H2,1H3/t10-/m0/s1. The van der Waals surface area contributed by atoms with E-state index >= 15 is 0 Å². The largest absolute Gasteiger partial charge is 0.340 e. The van der Waals surface area contributed by atoms with Crippen LogP contribution in [0.3, 0.4) is 0 Å². The molecule has 2 aliphatic rings. The lowest BCUT2D eigenvalue weighted by atomic mass is 10.1. The quantitative estimate of drug-likeness (QED) is 0.685. The molecule has 0 bridgehead atoms. The van der Waals surface area contributed by atoms with Crippen LogP contribution in [0.1, 0.15) is 13.3 Å². The fraction of sp³-hybridized carbons (Fsp3) is 0.909. The molecule has 1 amide bonds. The van der Waals surface area contributed by atoms with Crippen LogP contribution in [-0.4, -0.2) is 61.5 Å². The van der Waals surface area contributed by atoms with Crippen molar-refractivity contribution < 1.29 is 4.79 Å². The summed E-state index contributed by atoms with van der Waals surface area (Å²) in [5.74, 6) is 0.619. The molecule has 2 heterocycles. The molecule has 0 radical (unpaired) electrons. The van der Waals surface area contributed by atoms with Crippen molar-refractivity contribution in [3.63, 3.8) is 0 Å². The maximum absolute atomic E-state index is 12.1. The molecule has 2 rings (SSSR count). The van der Waals surface area contributed by atoms with Gasteiger partial charge in [0.1, 0.15) is 0 Å². The van der Waals surface area contributed by atoms with E-state index in [0.29, 0.717) is 5.91 Å².